The number of Topliss-reactive ketones (excluding diaryl/α,β-unsaturated/α-hetero) is 2. The van der Waals surface area contributed by atoms with E-state index in [2.05, 4.69) is 13.8 Å². The predicted octanol–water partition coefficient (Wildman–Crippen LogP) is 7.15. The molecule has 1 aliphatic rings. The second-order valence-electron chi connectivity index (χ2n) is 9.22. The average Bonchev–Trinajstić information content (AvgIpc) is 3.11. The number of unbranched alkanes of at least 4 members (excludes halogenated alkanes) is 1. The molecule has 1 aliphatic carbocycles. The zero-order chi connectivity index (χ0) is 23.7. The Morgan fingerprint density at radius 3 is 2.21 bits per heavy atom. The Bertz CT molecular complexity index is 1340. The SMILES string of the molecule is CCCCC(CC)COc1ccc2nc(C3C(=O)c4cc5ccccc5cc4C3=O)ccc2c1. The molecule has 1 unspecified atom stereocenters. The van der Waals surface area contributed by atoms with Gasteiger partial charge in [-0.15, -0.1) is 0 Å². The Morgan fingerprint density at radius 1 is 0.853 bits per heavy atom. The molecule has 0 saturated carbocycles. The van der Waals surface area contributed by atoms with E-state index in [0.717, 1.165) is 33.8 Å². The highest BCUT2D eigenvalue weighted by Crippen LogP contribution is 2.36. The number of carbonyl (C=O) groups excluding carboxylic acids is 2. The van der Waals surface area contributed by atoms with Crippen LogP contribution < -0.4 is 4.74 Å². The number of fused-ring (bicyclic) bond motifs is 3. The summed E-state index contributed by atoms with van der Waals surface area (Å²) in [5.74, 6) is 0.166. The average molecular weight is 452 g/mol. The predicted molar refractivity (Wildman–Crippen MR) is 136 cm³/mol. The molecule has 3 aromatic carbocycles. The minimum Gasteiger partial charge on any atom is -0.493 e. The van der Waals surface area contributed by atoms with Crippen LogP contribution in [0.15, 0.2) is 66.7 Å². The van der Waals surface area contributed by atoms with Crippen LogP contribution in [0.5, 0.6) is 5.75 Å². The third-order valence-electron chi connectivity index (χ3n) is 6.95. The molecule has 4 heteroatoms. The van der Waals surface area contributed by atoms with E-state index in [1.54, 1.807) is 6.07 Å². The normalized spacial score (nSPS) is 14.6. The molecular formula is C30H29NO3. The van der Waals surface area contributed by atoms with Gasteiger partial charge in [0.1, 0.15) is 11.7 Å². The lowest BCUT2D eigenvalue weighted by Crippen LogP contribution is -2.14. The number of aromatic nitrogens is 1. The summed E-state index contributed by atoms with van der Waals surface area (Å²) < 4.78 is 6.07. The molecule has 0 fully saturated rings. The van der Waals surface area contributed by atoms with Gasteiger partial charge >= 0.3 is 0 Å². The molecule has 0 amide bonds. The van der Waals surface area contributed by atoms with Gasteiger partial charge in [0.15, 0.2) is 11.6 Å². The van der Waals surface area contributed by atoms with Gasteiger partial charge in [0.2, 0.25) is 0 Å². The van der Waals surface area contributed by atoms with Crippen molar-refractivity contribution in [3.8, 4) is 5.75 Å². The summed E-state index contributed by atoms with van der Waals surface area (Å²) in [4.78, 5) is 31.1. The molecule has 0 bridgehead atoms. The molecule has 0 N–H and O–H groups in total. The van der Waals surface area contributed by atoms with Crippen molar-refractivity contribution in [1.82, 2.24) is 4.98 Å². The zero-order valence-electron chi connectivity index (χ0n) is 19.7. The van der Waals surface area contributed by atoms with Crippen LogP contribution in [-0.2, 0) is 0 Å². The van der Waals surface area contributed by atoms with Gasteiger partial charge in [-0.25, -0.2) is 0 Å². The Hall–Kier alpha value is -3.53. The Morgan fingerprint density at radius 2 is 1.56 bits per heavy atom. The van der Waals surface area contributed by atoms with Gasteiger partial charge in [0.25, 0.3) is 0 Å². The van der Waals surface area contributed by atoms with Crippen LogP contribution >= 0.6 is 0 Å². The molecule has 4 aromatic rings. The first-order valence-corrected chi connectivity index (χ1v) is 12.2. The van der Waals surface area contributed by atoms with Crippen LogP contribution in [-0.4, -0.2) is 23.2 Å². The third kappa shape index (κ3) is 4.09. The summed E-state index contributed by atoms with van der Waals surface area (Å²) >= 11 is 0. The highest BCUT2D eigenvalue weighted by atomic mass is 16.5. The highest BCUT2D eigenvalue weighted by molar-refractivity contribution is 6.30. The summed E-state index contributed by atoms with van der Waals surface area (Å²) in [5, 5.41) is 2.85. The van der Waals surface area contributed by atoms with Crippen molar-refractivity contribution in [2.24, 2.45) is 5.92 Å². The lowest BCUT2D eigenvalue weighted by Gasteiger charge is -2.16. The number of pyridine rings is 1. The molecule has 1 atom stereocenters. The van der Waals surface area contributed by atoms with Crippen molar-refractivity contribution in [3.63, 3.8) is 0 Å². The number of nitrogens with zero attached hydrogens (tertiary/aromatic N) is 1. The summed E-state index contributed by atoms with van der Waals surface area (Å²) in [6.45, 7) is 5.14. The number of ketones is 2. The first-order chi connectivity index (χ1) is 16.6. The Labute approximate surface area is 200 Å². The van der Waals surface area contributed by atoms with Gasteiger partial charge in [0, 0.05) is 16.5 Å². The molecule has 0 radical (unpaired) electrons. The fourth-order valence-corrected chi connectivity index (χ4v) is 4.83. The van der Waals surface area contributed by atoms with Gasteiger partial charge in [-0.1, -0.05) is 63.4 Å². The minimum absolute atomic E-state index is 0.171. The number of ether oxygens (including phenoxy) is 1. The first kappa shape index (κ1) is 22.3. The van der Waals surface area contributed by atoms with Gasteiger partial charge in [-0.05, 0) is 59.5 Å². The number of hydrogen-bond donors (Lipinski definition) is 0. The monoisotopic (exact) mass is 451 g/mol. The summed E-state index contributed by atoms with van der Waals surface area (Å²) in [7, 11) is 0. The third-order valence-corrected chi connectivity index (χ3v) is 6.95. The number of carbonyl (C=O) groups is 2. The summed E-state index contributed by atoms with van der Waals surface area (Å²) in [6.07, 6.45) is 4.73. The number of benzene rings is 3. The lowest BCUT2D eigenvalue weighted by molar-refractivity contribution is 0.0888. The zero-order valence-corrected chi connectivity index (χ0v) is 19.7. The molecule has 172 valence electrons. The van der Waals surface area contributed by atoms with Crippen molar-refractivity contribution in [1.29, 1.82) is 0 Å². The largest absolute Gasteiger partial charge is 0.493 e. The Balaban J connectivity index is 1.39. The van der Waals surface area contributed by atoms with Crippen LogP contribution in [0, 0.1) is 5.92 Å². The van der Waals surface area contributed by atoms with E-state index in [1.165, 1.54) is 19.3 Å². The first-order valence-electron chi connectivity index (χ1n) is 12.2. The van der Waals surface area contributed by atoms with Crippen molar-refractivity contribution in [2.75, 3.05) is 6.61 Å². The second-order valence-corrected chi connectivity index (χ2v) is 9.22. The van der Waals surface area contributed by atoms with E-state index in [-0.39, 0.29) is 11.6 Å². The molecular weight excluding hydrogens is 422 g/mol. The molecule has 0 saturated heterocycles. The Kier molecular flexibility index (Phi) is 6.14. The van der Waals surface area contributed by atoms with Crippen LogP contribution in [0.1, 0.15) is 71.9 Å². The van der Waals surface area contributed by atoms with Crippen LogP contribution in [0.4, 0.5) is 0 Å². The fourth-order valence-electron chi connectivity index (χ4n) is 4.83. The maximum Gasteiger partial charge on any atom is 0.180 e. The van der Waals surface area contributed by atoms with Crippen LogP contribution in [0.25, 0.3) is 21.7 Å². The van der Waals surface area contributed by atoms with Crippen molar-refractivity contribution in [2.45, 2.75) is 45.4 Å². The molecule has 0 aliphatic heterocycles. The smallest absolute Gasteiger partial charge is 0.180 e. The number of hydrogen-bond acceptors (Lipinski definition) is 4. The van der Waals surface area contributed by atoms with E-state index >= 15 is 0 Å². The fraction of sp³-hybridized carbons (Fsp3) is 0.300. The highest BCUT2D eigenvalue weighted by Gasteiger charge is 2.40. The van der Waals surface area contributed by atoms with Gasteiger partial charge in [0.05, 0.1) is 17.8 Å². The molecule has 1 heterocycles. The summed E-state index contributed by atoms with van der Waals surface area (Å²) in [5.41, 5.74) is 2.24. The molecule has 5 rings (SSSR count). The molecule has 4 nitrogen and oxygen atoms in total. The van der Waals surface area contributed by atoms with E-state index in [0.29, 0.717) is 29.3 Å². The maximum absolute atomic E-state index is 13.2. The molecule has 0 spiro atoms. The van der Waals surface area contributed by atoms with Crippen LogP contribution in [0.2, 0.25) is 0 Å². The van der Waals surface area contributed by atoms with Gasteiger partial charge in [-0.3, -0.25) is 14.6 Å². The van der Waals surface area contributed by atoms with Crippen molar-refractivity contribution in [3.05, 3.63) is 83.6 Å². The topological polar surface area (TPSA) is 56.3 Å². The standard InChI is InChI=1S/C30H29NO3/c1-3-5-8-19(4-2)18-34-23-12-14-26-22(15-23)11-13-27(31-26)28-29(32)24-16-20-9-6-7-10-21(20)17-25(24)30(28)33/h6-7,9-17,19,28H,3-5,8,18H2,1-2H3. The van der Waals surface area contributed by atoms with E-state index < -0.39 is 5.92 Å². The molecule has 1 aromatic heterocycles. The lowest BCUT2D eigenvalue weighted by atomic mass is 9.98. The van der Waals surface area contributed by atoms with Gasteiger partial charge < -0.3 is 4.74 Å². The van der Waals surface area contributed by atoms with Gasteiger partial charge in [-0.2, -0.15) is 0 Å². The van der Waals surface area contributed by atoms with E-state index in [9.17, 15) is 9.59 Å². The summed E-state index contributed by atoms with van der Waals surface area (Å²) in [6, 6.07) is 21.0. The second kappa shape index (κ2) is 9.38. The van der Waals surface area contributed by atoms with Crippen LogP contribution in [0.3, 0.4) is 0 Å². The van der Waals surface area contributed by atoms with Crippen molar-refractivity contribution >= 4 is 33.2 Å². The quantitative estimate of drug-likeness (QED) is 0.267. The van der Waals surface area contributed by atoms with E-state index in [1.807, 2.05) is 60.7 Å². The minimum atomic E-state index is -0.879. The van der Waals surface area contributed by atoms with E-state index in [4.69, 9.17) is 9.72 Å². The van der Waals surface area contributed by atoms with Crippen molar-refractivity contribution < 1.29 is 14.3 Å². The maximum atomic E-state index is 13.2. The molecule has 34 heavy (non-hydrogen) atoms. The number of rotatable bonds is 8.